The van der Waals surface area contributed by atoms with Gasteiger partial charge in [0.1, 0.15) is 11.6 Å². The highest BCUT2D eigenvalue weighted by Gasteiger charge is 2.38. The lowest BCUT2D eigenvalue weighted by Gasteiger charge is -2.41. The monoisotopic (exact) mass is 379 g/mol. The van der Waals surface area contributed by atoms with E-state index in [1.807, 2.05) is 25.1 Å². The molecule has 4 heteroatoms. The van der Waals surface area contributed by atoms with Crippen LogP contribution in [0.5, 0.6) is 0 Å². The highest BCUT2D eigenvalue weighted by molar-refractivity contribution is 5.79. The third-order valence-electron chi connectivity index (χ3n) is 6.65. The first-order valence-electron chi connectivity index (χ1n) is 10.6. The van der Waals surface area contributed by atoms with Crippen LogP contribution in [0.4, 0.5) is 0 Å². The van der Waals surface area contributed by atoms with Crippen molar-refractivity contribution in [1.29, 1.82) is 5.26 Å². The molecule has 2 saturated carbocycles. The number of carbonyl (C=O) groups is 1. The van der Waals surface area contributed by atoms with Crippen molar-refractivity contribution in [3.05, 3.63) is 29.6 Å². The fourth-order valence-electron chi connectivity index (χ4n) is 4.50. The van der Waals surface area contributed by atoms with Gasteiger partial charge in [0.15, 0.2) is 0 Å². The van der Waals surface area contributed by atoms with Crippen molar-refractivity contribution in [2.75, 3.05) is 0 Å². The first-order valence-corrected chi connectivity index (χ1v) is 10.6. The smallest absolute Gasteiger partial charge is 0.133 e. The summed E-state index contributed by atoms with van der Waals surface area (Å²) in [5.74, 6) is 2.30. The molecular formula is C24H33N3O. The quantitative estimate of drug-likeness (QED) is 0.649. The number of rotatable bonds is 5. The van der Waals surface area contributed by atoms with Crippen LogP contribution >= 0.6 is 0 Å². The Morgan fingerprint density at radius 1 is 1.36 bits per heavy atom. The molecule has 0 radical (unpaired) electrons. The Kier molecular flexibility index (Phi) is 5.66. The SMILES string of the molecule is CCC(=O)CC(C)(C)C1CC1.Cc1nc2ccc(C#N)cc2n1C1(C)CCC1. The van der Waals surface area contributed by atoms with Crippen LogP contribution in [-0.2, 0) is 10.3 Å². The minimum absolute atomic E-state index is 0.201. The zero-order valence-corrected chi connectivity index (χ0v) is 18.0. The van der Waals surface area contributed by atoms with Gasteiger partial charge in [0.05, 0.1) is 22.7 Å². The van der Waals surface area contributed by atoms with E-state index in [1.165, 1.54) is 32.1 Å². The molecule has 2 aliphatic carbocycles. The number of nitriles is 1. The Morgan fingerprint density at radius 3 is 2.54 bits per heavy atom. The summed E-state index contributed by atoms with van der Waals surface area (Å²) in [7, 11) is 0. The summed E-state index contributed by atoms with van der Waals surface area (Å²) in [6, 6.07) is 7.94. The van der Waals surface area contributed by atoms with Gasteiger partial charge < -0.3 is 4.57 Å². The predicted molar refractivity (Wildman–Crippen MR) is 113 cm³/mol. The maximum atomic E-state index is 11.2. The Balaban J connectivity index is 0.000000178. The van der Waals surface area contributed by atoms with Gasteiger partial charge in [0, 0.05) is 18.4 Å². The Hall–Kier alpha value is -2.15. The number of carbonyl (C=O) groups excluding carboxylic acids is 1. The van der Waals surface area contributed by atoms with E-state index in [2.05, 4.69) is 43.3 Å². The van der Waals surface area contributed by atoms with E-state index in [1.54, 1.807) is 0 Å². The number of hydrogen-bond acceptors (Lipinski definition) is 3. The van der Waals surface area contributed by atoms with E-state index in [0.29, 0.717) is 17.8 Å². The van der Waals surface area contributed by atoms with Crippen LogP contribution in [0.1, 0.15) is 84.0 Å². The fourth-order valence-corrected chi connectivity index (χ4v) is 4.50. The molecule has 2 aromatic rings. The fraction of sp³-hybridized carbons (Fsp3) is 0.625. The summed E-state index contributed by atoms with van der Waals surface area (Å²) in [5, 5.41) is 8.99. The highest BCUT2D eigenvalue weighted by atomic mass is 16.1. The number of Topliss-reactive ketones (excluding diaryl/α,β-unsaturated/α-hetero) is 1. The molecule has 1 aromatic heterocycles. The second-order valence-electron chi connectivity index (χ2n) is 9.49. The minimum Gasteiger partial charge on any atom is -0.322 e. The summed E-state index contributed by atoms with van der Waals surface area (Å²) in [6.45, 7) is 10.7. The van der Waals surface area contributed by atoms with Crippen molar-refractivity contribution in [3.8, 4) is 6.07 Å². The van der Waals surface area contributed by atoms with Gasteiger partial charge in [-0.25, -0.2) is 4.98 Å². The molecule has 28 heavy (non-hydrogen) atoms. The molecule has 1 aromatic carbocycles. The minimum atomic E-state index is 0.201. The summed E-state index contributed by atoms with van der Waals surface area (Å²) >= 11 is 0. The Labute approximate surface area is 169 Å². The molecule has 4 rings (SSSR count). The number of nitrogens with zero attached hydrogens (tertiary/aromatic N) is 3. The van der Waals surface area contributed by atoms with Crippen molar-refractivity contribution in [2.24, 2.45) is 11.3 Å². The number of benzene rings is 1. The van der Waals surface area contributed by atoms with Crippen LogP contribution in [0.25, 0.3) is 11.0 Å². The maximum absolute atomic E-state index is 11.2. The van der Waals surface area contributed by atoms with E-state index in [0.717, 1.165) is 29.2 Å². The zero-order chi connectivity index (χ0) is 20.5. The molecule has 0 unspecified atom stereocenters. The van der Waals surface area contributed by atoms with Gasteiger partial charge in [-0.3, -0.25) is 4.79 Å². The summed E-state index contributed by atoms with van der Waals surface area (Å²) in [5.41, 5.74) is 3.29. The largest absolute Gasteiger partial charge is 0.322 e. The molecule has 150 valence electrons. The summed E-state index contributed by atoms with van der Waals surface area (Å²) in [6.07, 6.45) is 7.86. The third kappa shape index (κ3) is 4.14. The second kappa shape index (κ2) is 7.70. The molecule has 1 heterocycles. The number of ketones is 1. The normalized spacial score (nSPS) is 18.0. The summed E-state index contributed by atoms with van der Waals surface area (Å²) in [4.78, 5) is 15.7. The van der Waals surface area contributed by atoms with Gasteiger partial charge in [0.25, 0.3) is 0 Å². The van der Waals surface area contributed by atoms with Crippen molar-refractivity contribution in [2.45, 2.75) is 85.1 Å². The predicted octanol–water partition coefficient (Wildman–Crippen LogP) is 5.91. The molecule has 2 aliphatic rings. The van der Waals surface area contributed by atoms with Crippen LogP contribution in [-0.4, -0.2) is 15.3 Å². The number of fused-ring (bicyclic) bond motifs is 1. The molecule has 0 amide bonds. The van der Waals surface area contributed by atoms with Crippen molar-refractivity contribution >= 4 is 16.8 Å². The lowest BCUT2D eigenvalue weighted by molar-refractivity contribution is -0.120. The average Bonchev–Trinajstić information content (AvgIpc) is 3.43. The molecule has 4 nitrogen and oxygen atoms in total. The van der Waals surface area contributed by atoms with Crippen molar-refractivity contribution in [3.63, 3.8) is 0 Å². The molecule has 0 N–H and O–H groups in total. The number of imidazole rings is 1. The van der Waals surface area contributed by atoms with Crippen molar-refractivity contribution < 1.29 is 4.79 Å². The Bertz CT molecular complexity index is 908. The van der Waals surface area contributed by atoms with Crippen LogP contribution < -0.4 is 0 Å². The Morgan fingerprint density at radius 2 is 2.04 bits per heavy atom. The van der Waals surface area contributed by atoms with Gasteiger partial charge in [-0.2, -0.15) is 5.26 Å². The average molecular weight is 380 g/mol. The first kappa shape index (κ1) is 20.6. The van der Waals surface area contributed by atoms with Gasteiger partial charge in [0.2, 0.25) is 0 Å². The van der Waals surface area contributed by atoms with Crippen LogP contribution in [0.2, 0.25) is 0 Å². The van der Waals surface area contributed by atoms with Crippen LogP contribution in [0, 0.1) is 29.6 Å². The zero-order valence-electron chi connectivity index (χ0n) is 18.0. The van der Waals surface area contributed by atoms with Gasteiger partial charge in [-0.1, -0.05) is 20.8 Å². The summed E-state index contributed by atoms with van der Waals surface area (Å²) < 4.78 is 2.31. The van der Waals surface area contributed by atoms with E-state index in [4.69, 9.17) is 5.26 Å². The van der Waals surface area contributed by atoms with Gasteiger partial charge in [-0.15, -0.1) is 0 Å². The van der Waals surface area contributed by atoms with Crippen LogP contribution in [0.3, 0.4) is 0 Å². The lowest BCUT2D eigenvalue weighted by atomic mass is 9.78. The molecule has 0 saturated heterocycles. The van der Waals surface area contributed by atoms with E-state index < -0.39 is 0 Å². The van der Waals surface area contributed by atoms with E-state index in [9.17, 15) is 4.79 Å². The van der Waals surface area contributed by atoms with Gasteiger partial charge >= 0.3 is 0 Å². The van der Waals surface area contributed by atoms with E-state index in [-0.39, 0.29) is 11.0 Å². The number of aromatic nitrogens is 2. The lowest BCUT2D eigenvalue weighted by Crippen LogP contribution is -2.37. The van der Waals surface area contributed by atoms with Crippen molar-refractivity contribution in [1.82, 2.24) is 9.55 Å². The first-order chi connectivity index (χ1) is 13.2. The molecule has 0 aliphatic heterocycles. The highest BCUT2D eigenvalue weighted by Crippen LogP contribution is 2.47. The number of hydrogen-bond donors (Lipinski definition) is 0. The second-order valence-corrected chi connectivity index (χ2v) is 9.49. The third-order valence-corrected chi connectivity index (χ3v) is 6.65. The van der Waals surface area contributed by atoms with Gasteiger partial charge in [-0.05, 0) is 75.5 Å². The van der Waals surface area contributed by atoms with Crippen LogP contribution in [0.15, 0.2) is 18.2 Å². The standard InChI is InChI=1S/C14H15N3.C10H18O/c1-10-16-12-5-4-11(9-15)8-13(12)17(10)14(2)6-3-7-14;1-4-9(11)7-10(2,3)8-5-6-8/h4-5,8H,3,6-7H2,1-2H3;8H,4-7H2,1-3H3. The molecule has 0 atom stereocenters. The molecule has 2 fully saturated rings. The number of aryl methyl sites for hydroxylation is 1. The topological polar surface area (TPSA) is 58.7 Å². The van der Waals surface area contributed by atoms with E-state index >= 15 is 0 Å². The molecular weight excluding hydrogens is 346 g/mol. The molecule has 0 spiro atoms. The molecule has 0 bridgehead atoms. The maximum Gasteiger partial charge on any atom is 0.133 e.